The van der Waals surface area contributed by atoms with E-state index < -0.39 is 30.4 Å². The van der Waals surface area contributed by atoms with Crippen LogP contribution < -0.4 is 0 Å². The summed E-state index contributed by atoms with van der Waals surface area (Å²) in [7, 11) is -12.8. The molecule has 0 spiro atoms. The molecular weight excluding hydrogens is 433 g/mol. The molecular formula is C16H40O8Si4. The Morgan fingerprint density at radius 1 is 0.286 bits per heavy atom. The molecule has 1 aliphatic heterocycles. The van der Waals surface area contributed by atoms with Gasteiger partial charge in [-0.05, 0) is 55.4 Å². The molecule has 0 saturated carbocycles. The lowest BCUT2D eigenvalue weighted by Gasteiger charge is -2.66. The van der Waals surface area contributed by atoms with Crippen LogP contribution in [0.5, 0.6) is 0 Å². The van der Waals surface area contributed by atoms with E-state index in [2.05, 4.69) is 0 Å². The number of hydrogen-bond donors (Lipinski definition) is 0. The maximum atomic E-state index is 6.51. The Morgan fingerprint density at radius 2 is 0.393 bits per heavy atom. The molecule has 0 bridgehead atoms. The summed E-state index contributed by atoms with van der Waals surface area (Å²) < 4.78 is 52.1. The largest absolute Gasteiger partial charge is 0.433 e. The molecule has 1 heterocycles. The van der Waals surface area contributed by atoms with Crippen LogP contribution in [0.4, 0.5) is 0 Å². The van der Waals surface area contributed by atoms with Gasteiger partial charge in [-0.3, -0.25) is 0 Å². The molecule has 0 atom stereocenters. The second-order valence-corrected chi connectivity index (χ2v) is 35.0. The Morgan fingerprint density at radius 3 is 0.464 bits per heavy atom. The number of hydrogen-bond acceptors (Lipinski definition) is 8. The standard InChI is InChI=1S/C16H40O8Si4/c1-9-17-25(18-10-2)26(19-11-3,20-12-4)28(23-15-7,24-16-8)27(25,21-13-5)22-14-6/h9-16H2,1-8H3. The van der Waals surface area contributed by atoms with Crippen LogP contribution in [0, 0.1) is 0 Å². The van der Waals surface area contributed by atoms with Gasteiger partial charge in [-0.1, -0.05) is 0 Å². The normalized spacial score (nSPS) is 21.4. The molecule has 0 unspecified atom stereocenters. The molecule has 168 valence electrons. The van der Waals surface area contributed by atoms with Gasteiger partial charge in [0.05, 0.1) is 0 Å². The van der Waals surface area contributed by atoms with Crippen LogP contribution in [0.15, 0.2) is 0 Å². The molecule has 0 aromatic carbocycles. The minimum Gasteiger partial charge on any atom is -0.393 e. The van der Waals surface area contributed by atoms with Gasteiger partial charge in [0.2, 0.25) is 0 Å². The van der Waals surface area contributed by atoms with E-state index in [9.17, 15) is 0 Å². The first-order valence-corrected chi connectivity index (χ1v) is 21.9. The topological polar surface area (TPSA) is 73.8 Å². The smallest absolute Gasteiger partial charge is 0.393 e. The minimum absolute atomic E-state index is 0.471. The highest BCUT2D eigenvalue weighted by molar-refractivity contribution is 8.05. The summed E-state index contributed by atoms with van der Waals surface area (Å²) in [6, 6.07) is 0. The van der Waals surface area contributed by atoms with Crippen molar-refractivity contribution in [3.8, 4) is 0 Å². The Hall–Kier alpha value is 0.548. The van der Waals surface area contributed by atoms with E-state index >= 15 is 0 Å². The molecule has 8 nitrogen and oxygen atoms in total. The van der Waals surface area contributed by atoms with Crippen molar-refractivity contribution >= 4 is 30.4 Å². The van der Waals surface area contributed by atoms with Crippen molar-refractivity contribution in [3.63, 3.8) is 0 Å². The molecule has 0 N–H and O–H groups in total. The van der Waals surface area contributed by atoms with Gasteiger partial charge in [0.25, 0.3) is 0 Å². The van der Waals surface area contributed by atoms with Crippen molar-refractivity contribution in [1.29, 1.82) is 0 Å². The molecule has 12 heteroatoms. The van der Waals surface area contributed by atoms with Crippen molar-refractivity contribution in [1.82, 2.24) is 0 Å². The zero-order chi connectivity index (χ0) is 21.3. The molecule has 1 fully saturated rings. The van der Waals surface area contributed by atoms with E-state index in [1.165, 1.54) is 0 Å². The highest BCUT2D eigenvalue weighted by Gasteiger charge is 3.09. The summed E-state index contributed by atoms with van der Waals surface area (Å²) in [5, 5.41) is 0. The first-order chi connectivity index (χ1) is 13.5. The molecule has 1 saturated heterocycles. The van der Waals surface area contributed by atoms with Crippen molar-refractivity contribution in [2.75, 3.05) is 52.9 Å². The van der Waals surface area contributed by atoms with Gasteiger partial charge in [-0.2, -0.15) is 0 Å². The fourth-order valence-corrected chi connectivity index (χ4v) is 83.5. The highest BCUT2D eigenvalue weighted by atomic mass is 30.2. The summed E-state index contributed by atoms with van der Waals surface area (Å²) in [4.78, 5) is 0. The SMILES string of the molecule is CCO[Si]1(OCC)[Si](OCC)(OCC)[Si](OCC)(OCC)[Si]1(OCC)OCC. The molecule has 1 rings (SSSR count). The Bertz CT molecular complexity index is 336. The number of rotatable bonds is 16. The molecule has 0 radical (unpaired) electrons. The maximum absolute atomic E-state index is 6.51. The highest BCUT2D eigenvalue weighted by Crippen LogP contribution is 2.55. The van der Waals surface area contributed by atoms with E-state index in [-0.39, 0.29) is 0 Å². The molecule has 0 aromatic rings. The predicted molar refractivity (Wildman–Crippen MR) is 116 cm³/mol. The second-order valence-electron chi connectivity index (χ2n) is 5.93. The third kappa shape index (κ3) is 3.69. The van der Waals surface area contributed by atoms with Crippen LogP contribution in [-0.2, 0) is 35.4 Å². The Labute approximate surface area is 174 Å². The fraction of sp³-hybridized carbons (Fsp3) is 1.00. The van der Waals surface area contributed by atoms with Gasteiger partial charge in [0.1, 0.15) is 0 Å². The van der Waals surface area contributed by atoms with Crippen molar-refractivity contribution in [3.05, 3.63) is 0 Å². The van der Waals surface area contributed by atoms with Crippen LogP contribution in [0.3, 0.4) is 0 Å². The van der Waals surface area contributed by atoms with Crippen LogP contribution in [0.1, 0.15) is 55.4 Å². The van der Waals surface area contributed by atoms with Gasteiger partial charge in [-0.25, -0.2) is 0 Å². The molecule has 0 aliphatic carbocycles. The zero-order valence-electron chi connectivity index (χ0n) is 18.9. The third-order valence-electron chi connectivity index (χ3n) is 4.51. The van der Waals surface area contributed by atoms with E-state index in [0.29, 0.717) is 52.9 Å². The average Bonchev–Trinajstić information content (AvgIpc) is 2.66. The average molecular weight is 473 g/mol. The molecule has 1 aliphatic rings. The molecule has 28 heavy (non-hydrogen) atoms. The zero-order valence-corrected chi connectivity index (χ0v) is 22.9. The van der Waals surface area contributed by atoms with Gasteiger partial charge in [-0.15, -0.1) is 0 Å². The third-order valence-corrected chi connectivity index (χ3v) is 63.6. The van der Waals surface area contributed by atoms with Gasteiger partial charge >= 0.3 is 30.4 Å². The summed E-state index contributed by atoms with van der Waals surface area (Å²) in [5.74, 6) is 0. The van der Waals surface area contributed by atoms with Crippen molar-refractivity contribution < 1.29 is 35.4 Å². The van der Waals surface area contributed by atoms with Crippen molar-refractivity contribution in [2.45, 2.75) is 55.4 Å². The Balaban J connectivity index is 3.89. The minimum atomic E-state index is -3.20. The lowest BCUT2D eigenvalue weighted by atomic mass is 10.9. The van der Waals surface area contributed by atoms with Gasteiger partial charge in [0, 0.05) is 52.9 Å². The quantitative estimate of drug-likeness (QED) is 0.317. The van der Waals surface area contributed by atoms with Gasteiger partial charge in [0.15, 0.2) is 0 Å². The van der Waals surface area contributed by atoms with Crippen LogP contribution >= 0.6 is 0 Å². The summed E-state index contributed by atoms with van der Waals surface area (Å²) >= 11 is 0. The van der Waals surface area contributed by atoms with Crippen LogP contribution in [0.2, 0.25) is 0 Å². The maximum Gasteiger partial charge on any atom is 0.433 e. The molecule has 0 aromatic heterocycles. The first-order valence-electron chi connectivity index (χ1n) is 10.6. The van der Waals surface area contributed by atoms with Crippen LogP contribution in [0.25, 0.3) is 0 Å². The lowest BCUT2D eigenvalue weighted by Crippen LogP contribution is -3.13. The van der Waals surface area contributed by atoms with E-state index in [0.717, 1.165) is 0 Å². The predicted octanol–water partition coefficient (Wildman–Crippen LogP) is 2.37. The van der Waals surface area contributed by atoms with Gasteiger partial charge < -0.3 is 35.4 Å². The second kappa shape index (κ2) is 11.8. The van der Waals surface area contributed by atoms with E-state index in [1.807, 2.05) is 55.4 Å². The fourth-order valence-electron chi connectivity index (χ4n) is 4.12. The van der Waals surface area contributed by atoms with E-state index in [4.69, 9.17) is 35.4 Å². The van der Waals surface area contributed by atoms with Crippen LogP contribution in [-0.4, -0.2) is 83.2 Å². The molecule has 0 amide bonds. The van der Waals surface area contributed by atoms with E-state index in [1.54, 1.807) is 0 Å². The van der Waals surface area contributed by atoms with Crippen molar-refractivity contribution in [2.24, 2.45) is 0 Å². The first kappa shape index (κ1) is 26.6. The monoisotopic (exact) mass is 472 g/mol. The summed E-state index contributed by atoms with van der Waals surface area (Å²) in [5.41, 5.74) is 0. The lowest BCUT2D eigenvalue weighted by molar-refractivity contribution is 0.0940. The Kier molecular flexibility index (Phi) is 11.2. The summed E-state index contributed by atoms with van der Waals surface area (Å²) in [6.45, 7) is 19.5. The summed E-state index contributed by atoms with van der Waals surface area (Å²) in [6.07, 6.45) is 0.